The number of ether oxygens (including phenoxy) is 1. The summed E-state index contributed by atoms with van der Waals surface area (Å²) in [5.74, 6) is 0.406. The first kappa shape index (κ1) is 13.9. The van der Waals surface area contributed by atoms with E-state index in [4.69, 9.17) is 10.5 Å². The lowest BCUT2D eigenvalue weighted by atomic mass is 10.1. The van der Waals surface area contributed by atoms with Crippen molar-refractivity contribution in [3.05, 3.63) is 0 Å². The molecule has 0 amide bonds. The van der Waals surface area contributed by atoms with Gasteiger partial charge in [-0.05, 0) is 25.3 Å². The topological polar surface area (TPSA) is 84.7 Å². The van der Waals surface area contributed by atoms with Crippen molar-refractivity contribution in [1.29, 1.82) is 0 Å². The average Bonchev–Trinajstić information content (AvgIpc) is 2.68. The molecule has 6 nitrogen and oxygen atoms in total. The van der Waals surface area contributed by atoms with Gasteiger partial charge < -0.3 is 10.5 Å². The van der Waals surface area contributed by atoms with E-state index in [1.54, 1.807) is 7.11 Å². The van der Waals surface area contributed by atoms with Gasteiger partial charge >= 0.3 is 0 Å². The molecule has 1 saturated heterocycles. The normalized spacial score (nSPS) is 22.8. The zero-order chi connectivity index (χ0) is 12.0. The van der Waals surface area contributed by atoms with Crippen LogP contribution in [0.25, 0.3) is 0 Å². The molecule has 0 radical (unpaired) electrons. The van der Waals surface area contributed by atoms with Crippen LogP contribution < -0.4 is 10.5 Å². The van der Waals surface area contributed by atoms with Gasteiger partial charge in [-0.1, -0.05) is 0 Å². The van der Waals surface area contributed by atoms with Crippen LogP contribution in [0.2, 0.25) is 0 Å². The first-order valence-corrected chi connectivity index (χ1v) is 6.98. The Hall–Kier alpha value is -0.210. The van der Waals surface area contributed by atoms with Crippen LogP contribution in [0, 0.1) is 5.92 Å². The maximum atomic E-state index is 11.8. The third-order valence-electron chi connectivity index (χ3n) is 2.75. The van der Waals surface area contributed by atoms with Crippen LogP contribution in [0.1, 0.15) is 12.8 Å². The number of nitrogens with zero attached hydrogens (tertiary/aromatic N) is 1. The van der Waals surface area contributed by atoms with Crippen LogP contribution in [0.5, 0.6) is 0 Å². The summed E-state index contributed by atoms with van der Waals surface area (Å²) in [6.07, 6.45) is 1.80. The zero-order valence-electron chi connectivity index (χ0n) is 9.68. The minimum atomic E-state index is -3.32. The Balaban J connectivity index is 2.39. The van der Waals surface area contributed by atoms with Crippen LogP contribution in [-0.2, 0) is 14.9 Å². The standard InChI is InChI=1S/C9H21N3O3S/c1-15-7-5-11-16(13,14)12-6-3-9(8-12)2-4-10/h9,11H,2-8,10H2,1H3. The molecular weight excluding hydrogens is 230 g/mol. The van der Waals surface area contributed by atoms with E-state index >= 15 is 0 Å². The van der Waals surface area contributed by atoms with Crippen molar-refractivity contribution >= 4 is 10.2 Å². The number of nitrogens with one attached hydrogen (secondary N) is 1. The summed E-state index contributed by atoms with van der Waals surface area (Å²) in [5.41, 5.74) is 5.46. The molecule has 3 N–H and O–H groups in total. The number of nitrogens with two attached hydrogens (primary N) is 1. The second kappa shape index (κ2) is 6.51. The highest BCUT2D eigenvalue weighted by molar-refractivity contribution is 7.87. The fourth-order valence-electron chi connectivity index (χ4n) is 1.85. The van der Waals surface area contributed by atoms with E-state index in [2.05, 4.69) is 4.72 Å². The second-order valence-corrected chi connectivity index (χ2v) is 5.74. The van der Waals surface area contributed by atoms with Gasteiger partial charge in [0.25, 0.3) is 10.2 Å². The van der Waals surface area contributed by atoms with Crippen LogP contribution in [0.3, 0.4) is 0 Å². The Bertz CT molecular complexity index is 294. The maximum Gasteiger partial charge on any atom is 0.279 e. The van der Waals surface area contributed by atoms with Gasteiger partial charge in [0.1, 0.15) is 0 Å². The molecule has 1 fully saturated rings. The summed E-state index contributed by atoms with van der Waals surface area (Å²) in [6, 6.07) is 0. The molecule has 0 aliphatic carbocycles. The lowest BCUT2D eigenvalue weighted by molar-refractivity contribution is 0.204. The molecule has 0 aromatic heterocycles. The first-order chi connectivity index (χ1) is 7.60. The lowest BCUT2D eigenvalue weighted by Gasteiger charge is -2.16. The maximum absolute atomic E-state index is 11.8. The van der Waals surface area contributed by atoms with Gasteiger partial charge in [-0.25, -0.2) is 0 Å². The number of hydrogen-bond donors (Lipinski definition) is 2. The molecular formula is C9H21N3O3S. The van der Waals surface area contributed by atoms with E-state index < -0.39 is 10.2 Å². The van der Waals surface area contributed by atoms with Crippen molar-refractivity contribution in [2.24, 2.45) is 11.7 Å². The van der Waals surface area contributed by atoms with Crippen molar-refractivity contribution in [2.75, 3.05) is 39.9 Å². The molecule has 7 heteroatoms. The Morgan fingerprint density at radius 3 is 2.94 bits per heavy atom. The molecule has 0 saturated carbocycles. The Labute approximate surface area is 97.3 Å². The number of methoxy groups -OCH3 is 1. The summed E-state index contributed by atoms with van der Waals surface area (Å²) in [7, 11) is -1.78. The van der Waals surface area contributed by atoms with Gasteiger partial charge in [-0.15, -0.1) is 0 Å². The van der Waals surface area contributed by atoms with Crippen molar-refractivity contribution in [3.8, 4) is 0 Å². The van der Waals surface area contributed by atoms with Gasteiger partial charge in [-0.3, -0.25) is 0 Å². The highest BCUT2D eigenvalue weighted by atomic mass is 32.2. The van der Waals surface area contributed by atoms with E-state index in [1.165, 1.54) is 4.31 Å². The molecule has 1 rings (SSSR count). The largest absolute Gasteiger partial charge is 0.383 e. The molecule has 16 heavy (non-hydrogen) atoms. The molecule has 0 aromatic rings. The van der Waals surface area contributed by atoms with Crippen molar-refractivity contribution in [3.63, 3.8) is 0 Å². The van der Waals surface area contributed by atoms with Gasteiger partial charge in [0.2, 0.25) is 0 Å². The third-order valence-corrected chi connectivity index (χ3v) is 4.33. The molecule has 0 aromatic carbocycles. The molecule has 96 valence electrons. The summed E-state index contributed by atoms with van der Waals surface area (Å²) >= 11 is 0. The number of rotatable bonds is 7. The van der Waals surface area contributed by atoms with E-state index in [0.29, 0.717) is 38.7 Å². The molecule has 1 aliphatic heterocycles. The monoisotopic (exact) mass is 251 g/mol. The summed E-state index contributed by atoms with van der Waals surface area (Å²) in [4.78, 5) is 0. The van der Waals surface area contributed by atoms with Crippen molar-refractivity contribution in [1.82, 2.24) is 9.03 Å². The van der Waals surface area contributed by atoms with E-state index in [-0.39, 0.29) is 0 Å². The van der Waals surface area contributed by atoms with Gasteiger partial charge in [-0.2, -0.15) is 17.4 Å². The highest BCUT2D eigenvalue weighted by Gasteiger charge is 2.30. The first-order valence-electron chi connectivity index (χ1n) is 5.54. The fourth-order valence-corrected chi connectivity index (χ4v) is 3.13. The Kier molecular flexibility index (Phi) is 5.63. The quantitative estimate of drug-likeness (QED) is 0.577. The molecule has 1 atom stereocenters. The van der Waals surface area contributed by atoms with Crippen LogP contribution in [0.15, 0.2) is 0 Å². The van der Waals surface area contributed by atoms with Crippen LogP contribution in [-0.4, -0.2) is 52.6 Å². The van der Waals surface area contributed by atoms with E-state index in [9.17, 15) is 8.42 Å². The summed E-state index contributed by atoms with van der Waals surface area (Å²) in [6.45, 7) is 2.50. The zero-order valence-corrected chi connectivity index (χ0v) is 10.5. The summed E-state index contributed by atoms with van der Waals surface area (Å²) < 4.78 is 32.4. The minimum Gasteiger partial charge on any atom is -0.383 e. The number of hydrogen-bond acceptors (Lipinski definition) is 4. The molecule has 1 aliphatic rings. The SMILES string of the molecule is COCCNS(=O)(=O)N1CCC(CCN)C1. The summed E-state index contributed by atoms with van der Waals surface area (Å²) in [5, 5.41) is 0. The van der Waals surface area contributed by atoms with Crippen molar-refractivity contribution in [2.45, 2.75) is 12.8 Å². The Morgan fingerprint density at radius 2 is 2.31 bits per heavy atom. The second-order valence-electron chi connectivity index (χ2n) is 3.98. The van der Waals surface area contributed by atoms with Gasteiger partial charge in [0, 0.05) is 26.7 Å². The fraction of sp³-hybridized carbons (Fsp3) is 1.00. The average molecular weight is 251 g/mol. The predicted molar refractivity (Wildman–Crippen MR) is 62.1 cm³/mol. The predicted octanol–water partition coefficient (Wildman–Crippen LogP) is -0.862. The van der Waals surface area contributed by atoms with Crippen LogP contribution in [0.4, 0.5) is 0 Å². The smallest absolute Gasteiger partial charge is 0.279 e. The molecule has 0 bridgehead atoms. The molecule has 0 spiro atoms. The van der Waals surface area contributed by atoms with Crippen LogP contribution >= 0.6 is 0 Å². The highest BCUT2D eigenvalue weighted by Crippen LogP contribution is 2.20. The third kappa shape index (κ3) is 3.99. The van der Waals surface area contributed by atoms with E-state index in [1.807, 2.05) is 0 Å². The van der Waals surface area contributed by atoms with E-state index in [0.717, 1.165) is 12.8 Å². The minimum absolute atomic E-state index is 0.316. The molecule has 1 heterocycles. The van der Waals surface area contributed by atoms with Gasteiger partial charge in [0.15, 0.2) is 0 Å². The van der Waals surface area contributed by atoms with Gasteiger partial charge in [0.05, 0.1) is 6.61 Å². The van der Waals surface area contributed by atoms with Crippen molar-refractivity contribution < 1.29 is 13.2 Å². The Morgan fingerprint density at radius 1 is 1.56 bits per heavy atom. The molecule has 1 unspecified atom stereocenters. The lowest BCUT2D eigenvalue weighted by Crippen LogP contribution is -2.40.